The molecule has 144 valence electrons. The van der Waals surface area contributed by atoms with Gasteiger partial charge in [0.1, 0.15) is 0 Å². The van der Waals surface area contributed by atoms with Crippen LogP contribution in [-0.4, -0.2) is 29.2 Å². The second-order valence-corrected chi connectivity index (χ2v) is 8.79. The van der Waals surface area contributed by atoms with E-state index < -0.39 is 0 Å². The van der Waals surface area contributed by atoms with Gasteiger partial charge in [0.15, 0.2) is 4.34 Å². The molecule has 0 saturated heterocycles. The molecule has 1 aliphatic rings. The minimum absolute atomic E-state index is 0.0213. The van der Waals surface area contributed by atoms with Gasteiger partial charge in [-0.1, -0.05) is 60.9 Å². The number of thioether (sulfide) groups is 1. The molecule has 0 spiro atoms. The van der Waals surface area contributed by atoms with E-state index in [0.717, 1.165) is 16.3 Å². The number of hydrogen-bond acceptors (Lipinski definition) is 7. The van der Waals surface area contributed by atoms with Crippen molar-refractivity contribution in [2.75, 3.05) is 12.4 Å². The molecule has 1 fully saturated rings. The Balaban J connectivity index is 1.43. The lowest BCUT2D eigenvalue weighted by molar-refractivity contribution is -0.116. The predicted octanol–water partition coefficient (Wildman–Crippen LogP) is 4.53. The van der Waals surface area contributed by atoms with Gasteiger partial charge in [-0.15, -0.1) is 10.2 Å². The fourth-order valence-electron chi connectivity index (χ4n) is 3.13. The monoisotopic (exact) mass is 405 g/mol. The lowest BCUT2D eigenvalue weighted by Gasteiger charge is -2.07. The summed E-state index contributed by atoms with van der Waals surface area (Å²) in [6, 6.07) is 7.29. The molecule has 1 saturated carbocycles. The molecule has 1 aromatic heterocycles. The molecule has 1 heterocycles. The number of amides is 1. The van der Waals surface area contributed by atoms with Crippen molar-refractivity contribution >= 4 is 40.1 Å². The van der Waals surface area contributed by atoms with E-state index in [2.05, 4.69) is 15.5 Å². The maximum absolute atomic E-state index is 12.1. The minimum Gasteiger partial charge on any atom is -0.465 e. The first kappa shape index (κ1) is 19.8. The molecule has 0 unspecified atom stereocenters. The Bertz CT molecular complexity index is 771. The number of methoxy groups -OCH3 is 1. The summed E-state index contributed by atoms with van der Waals surface area (Å²) in [7, 11) is 1.37. The normalized spacial score (nSPS) is 14.3. The Morgan fingerprint density at radius 2 is 1.96 bits per heavy atom. The second kappa shape index (κ2) is 9.85. The highest BCUT2D eigenvalue weighted by molar-refractivity contribution is 8.00. The summed E-state index contributed by atoms with van der Waals surface area (Å²) in [6.45, 7) is 0. The van der Waals surface area contributed by atoms with Crippen molar-refractivity contribution in [1.82, 2.24) is 10.2 Å². The molecule has 8 heteroatoms. The third kappa shape index (κ3) is 6.04. The zero-order valence-electron chi connectivity index (χ0n) is 15.3. The number of rotatable bonds is 8. The van der Waals surface area contributed by atoms with Crippen molar-refractivity contribution < 1.29 is 14.3 Å². The number of esters is 1. The predicted molar refractivity (Wildman–Crippen MR) is 107 cm³/mol. The van der Waals surface area contributed by atoms with E-state index in [1.165, 1.54) is 44.1 Å². The number of nitrogens with zero attached hydrogens (tertiary/aromatic N) is 2. The van der Waals surface area contributed by atoms with Crippen LogP contribution in [0.15, 0.2) is 28.6 Å². The third-order valence-electron chi connectivity index (χ3n) is 4.64. The van der Waals surface area contributed by atoms with Crippen molar-refractivity contribution in [3.05, 3.63) is 35.4 Å². The summed E-state index contributed by atoms with van der Waals surface area (Å²) in [6.07, 6.45) is 6.64. The maximum atomic E-state index is 12.1. The van der Waals surface area contributed by atoms with Crippen LogP contribution >= 0.6 is 23.1 Å². The first-order chi connectivity index (χ1) is 13.1. The largest absolute Gasteiger partial charge is 0.465 e. The quantitative estimate of drug-likeness (QED) is 0.395. The van der Waals surface area contributed by atoms with Crippen molar-refractivity contribution in [1.29, 1.82) is 0 Å². The number of carbonyl (C=O) groups is 2. The van der Waals surface area contributed by atoms with Crippen LogP contribution in [0.4, 0.5) is 5.13 Å². The van der Waals surface area contributed by atoms with Crippen LogP contribution in [0.25, 0.3) is 0 Å². The molecule has 27 heavy (non-hydrogen) atoms. The fourth-order valence-corrected chi connectivity index (χ4v) is 4.86. The maximum Gasteiger partial charge on any atom is 0.337 e. The molecule has 1 aliphatic carbocycles. The summed E-state index contributed by atoms with van der Waals surface area (Å²) in [5.74, 6) is 1.10. The number of hydrogen-bond donors (Lipinski definition) is 1. The van der Waals surface area contributed by atoms with Gasteiger partial charge in [0.25, 0.3) is 0 Å². The number of nitrogens with one attached hydrogen (secondary N) is 1. The van der Waals surface area contributed by atoms with E-state index in [1.807, 2.05) is 12.1 Å². The van der Waals surface area contributed by atoms with Crippen LogP contribution in [0.2, 0.25) is 0 Å². The second-order valence-electron chi connectivity index (χ2n) is 6.59. The summed E-state index contributed by atoms with van der Waals surface area (Å²) >= 11 is 2.94. The van der Waals surface area contributed by atoms with Gasteiger partial charge in [-0.25, -0.2) is 4.79 Å². The van der Waals surface area contributed by atoms with Gasteiger partial charge in [-0.2, -0.15) is 0 Å². The van der Waals surface area contributed by atoms with E-state index in [0.29, 0.717) is 28.8 Å². The third-order valence-corrected chi connectivity index (χ3v) is 6.69. The zero-order valence-corrected chi connectivity index (χ0v) is 16.9. The topological polar surface area (TPSA) is 81.2 Å². The van der Waals surface area contributed by atoms with E-state index >= 15 is 0 Å². The minimum atomic E-state index is -0.341. The Hall–Kier alpha value is -1.93. The average molecular weight is 406 g/mol. The van der Waals surface area contributed by atoms with E-state index in [1.54, 1.807) is 23.9 Å². The molecular weight excluding hydrogens is 382 g/mol. The average Bonchev–Trinajstić information content (AvgIpc) is 3.36. The molecule has 1 N–H and O–H groups in total. The van der Waals surface area contributed by atoms with Crippen LogP contribution in [0, 0.1) is 5.92 Å². The van der Waals surface area contributed by atoms with Gasteiger partial charge >= 0.3 is 5.97 Å². The number of benzene rings is 1. The van der Waals surface area contributed by atoms with Gasteiger partial charge < -0.3 is 10.1 Å². The molecule has 2 aromatic rings. The van der Waals surface area contributed by atoms with Gasteiger partial charge in [0, 0.05) is 12.2 Å². The van der Waals surface area contributed by atoms with E-state index in [9.17, 15) is 9.59 Å². The molecule has 0 radical (unpaired) electrons. The van der Waals surface area contributed by atoms with Crippen molar-refractivity contribution in [2.24, 2.45) is 5.92 Å². The van der Waals surface area contributed by atoms with Crippen molar-refractivity contribution in [2.45, 2.75) is 48.6 Å². The van der Waals surface area contributed by atoms with Gasteiger partial charge in [-0.05, 0) is 30.0 Å². The highest BCUT2D eigenvalue weighted by Crippen LogP contribution is 2.30. The van der Waals surface area contributed by atoms with Crippen molar-refractivity contribution in [3.8, 4) is 0 Å². The molecule has 0 bridgehead atoms. The van der Waals surface area contributed by atoms with E-state index in [4.69, 9.17) is 4.74 Å². The fraction of sp³-hybridized carbons (Fsp3) is 0.474. The SMILES string of the molecule is COC(=O)c1ccc(CSc2nnc(NC(=O)CCC3CCCC3)s2)cc1. The molecule has 3 rings (SSSR count). The first-order valence-corrected chi connectivity index (χ1v) is 10.9. The highest BCUT2D eigenvalue weighted by atomic mass is 32.2. The van der Waals surface area contributed by atoms with Crippen molar-refractivity contribution in [3.63, 3.8) is 0 Å². The Morgan fingerprint density at radius 1 is 1.22 bits per heavy atom. The lowest BCUT2D eigenvalue weighted by atomic mass is 10.0. The van der Waals surface area contributed by atoms with Crippen LogP contribution < -0.4 is 5.32 Å². The first-order valence-electron chi connectivity index (χ1n) is 9.07. The Labute approximate surface area is 167 Å². The molecule has 0 aliphatic heterocycles. The van der Waals surface area contributed by atoms with E-state index in [-0.39, 0.29) is 11.9 Å². The van der Waals surface area contributed by atoms with Crippen LogP contribution in [0.3, 0.4) is 0 Å². The molecule has 0 atom stereocenters. The van der Waals surface area contributed by atoms with Gasteiger partial charge in [0.05, 0.1) is 12.7 Å². The van der Waals surface area contributed by atoms with Crippen LogP contribution in [-0.2, 0) is 15.3 Å². The summed E-state index contributed by atoms with van der Waals surface area (Å²) in [5.41, 5.74) is 1.61. The van der Waals surface area contributed by atoms with Crippen LogP contribution in [0.5, 0.6) is 0 Å². The molecule has 6 nitrogen and oxygen atoms in total. The standard InChI is InChI=1S/C19H23N3O3S2/c1-25-17(24)15-9-6-14(7-10-15)12-26-19-22-21-18(27-19)20-16(23)11-8-13-4-2-3-5-13/h6-7,9-10,13H,2-5,8,11-12H2,1H3,(H,20,21,23). The van der Waals surface area contributed by atoms with Gasteiger partial charge in [0.2, 0.25) is 11.0 Å². The number of carbonyl (C=O) groups excluding carboxylic acids is 2. The Morgan fingerprint density at radius 3 is 2.67 bits per heavy atom. The Kier molecular flexibility index (Phi) is 7.23. The smallest absolute Gasteiger partial charge is 0.337 e. The number of anilines is 1. The molecule has 1 aromatic carbocycles. The number of aromatic nitrogens is 2. The molecule has 1 amide bonds. The number of ether oxygens (including phenoxy) is 1. The highest BCUT2D eigenvalue weighted by Gasteiger charge is 2.17. The van der Waals surface area contributed by atoms with Gasteiger partial charge in [-0.3, -0.25) is 4.79 Å². The molecular formula is C19H23N3O3S2. The lowest BCUT2D eigenvalue weighted by Crippen LogP contribution is -2.12. The summed E-state index contributed by atoms with van der Waals surface area (Å²) in [5, 5.41) is 11.6. The van der Waals surface area contributed by atoms with Crippen LogP contribution in [0.1, 0.15) is 54.4 Å². The zero-order chi connectivity index (χ0) is 19.1. The summed E-state index contributed by atoms with van der Waals surface area (Å²) < 4.78 is 5.49. The summed E-state index contributed by atoms with van der Waals surface area (Å²) in [4.78, 5) is 23.5.